The topological polar surface area (TPSA) is 88.1 Å². The summed E-state index contributed by atoms with van der Waals surface area (Å²) in [5.74, 6) is -2.55. The van der Waals surface area contributed by atoms with E-state index in [1.165, 1.54) is 20.0 Å². The van der Waals surface area contributed by atoms with E-state index in [2.05, 4.69) is 24.1 Å². The zero-order valence-electron chi connectivity index (χ0n) is 15.0. The molecule has 1 heterocycles. The highest BCUT2D eigenvalue weighted by Gasteiger charge is 2.38. The highest BCUT2D eigenvalue weighted by atomic mass is 16.7. The minimum absolute atomic E-state index is 0.198. The number of aromatic hydroxyl groups is 1. The van der Waals surface area contributed by atoms with Crippen molar-refractivity contribution in [3.8, 4) is 5.75 Å². The van der Waals surface area contributed by atoms with Gasteiger partial charge < -0.3 is 19.9 Å². The Labute approximate surface area is 147 Å². The van der Waals surface area contributed by atoms with Crippen LogP contribution in [-0.2, 0) is 25.6 Å². The molecule has 1 aromatic rings. The van der Waals surface area contributed by atoms with Gasteiger partial charge in [0.1, 0.15) is 5.75 Å². The lowest BCUT2D eigenvalue weighted by Gasteiger charge is -2.29. The lowest BCUT2D eigenvalue weighted by atomic mass is 10.1. The number of phenols is 1. The summed E-state index contributed by atoms with van der Waals surface area (Å²) >= 11 is 0. The average Bonchev–Trinajstić information content (AvgIpc) is 2.53. The first-order chi connectivity index (χ1) is 11.8. The second-order valence-corrected chi connectivity index (χ2v) is 6.19. The molecule has 0 aliphatic carbocycles. The van der Waals surface area contributed by atoms with Gasteiger partial charge in [-0.2, -0.15) is 0 Å². The largest absolute Gasteiger partial charge is 0.508 e. The number of ether oxygens (including phenoxy) is 2. The number of hydrogen-bond donors (Lipinski definition) is 2. The molecule has 1 fully saturated rings. The lowest BCUT2D eigenvalue weighted by molar-refractivity contribution is -0.222. The van der Waals surface area contributed by atoms with Crippen molar-refractivity contribution in [1.29, 1.82) is 0 Å². The van der Waals surface area contributed by atoms with Gasteiger partial charge in [0.2, 0.25) is 0 Å². The van der Waals surface area contributed by atoms with Crippen LogP contribution in [0.2, 0.25) is 0 Å². The number of anilines is 1. The monoisotopic (exact) mass is 348 g/mol. The Morgan fingerprint density at radius 1 is 1.16 bits per heavy atom. The molecule has 0 saturated carbocycles. The molecule has 136 valence electrons. The number of nitrogens with one attached hydrogen (secondary N) is 1. The van der Waals surface area contributed by atoms with Gasteiger partial charge in [0.15, 0.2) is 5.57 Å². The van der Waals surface area contributed by atoms with E-state index in [9.17, 15) is 14.7 Å². The molecule has 0 radical (unpaired) electrons. The summed E-state index contributed by atoms with van der Waals surface area (Å²) < 4.78 is 10.1. The van der Waals surface area contributed by atoms with Crippen LogP contribution < -0.4 is 5.32 Å². The van der Waals surface area contributed by atoms with Gasteiger partial charge in [-0.05, 0) is 31.3 Å². The van der Waals surface area contributed by atoms with Crippen LogP contribution >= 0.6 is 0 Å². The first kappa shape index (κ1) is 18.8. The van der Waals surface area contributed by atoms with E-state index < -0.39 is 17.7 Å². The highest BCUT2D eigenvalue weighted by Crippen LogP contribution is 2.25. The quantitative estimate of drug-likeness (QED) is 0.353. The highest BCUT2D eigenvalue weighted by molar-refractivity contribution is 6.15. The van der Waals surface area contributed by atoms with Crippen LogP contribution in [-0.4, -0.2) is 40.8 Å². The standard InChI is InChI=1S/C18H24N2O5/c1-5-20(6-2)11-12-9-13(7-8-15(12)21)19-10-14-16(22)24-18(3,4)25-17(14)23/h7-10,19,21H,5-6,11H2,1-4H3. The number of nitrogens with zero attached hydrogens (tertiary/aromatic N) is 1. The Kier molecular flexibility index (Phi) is 5.69. The third-order valence-electron chi connectivity index (χ3n) is 3.87. The molecule has 7 nitrogen and oxygen atoms in total. The van der Waals surface area contributed by atoms with Crippen LogP contribution in [0.4, 0.5) is 5.69 Å². The van der Waals surface area contributed by atoms with E-state index >= 15 is 0 Å². The number of benzene rings is 1. The molecular formula is C18H24N2O5. The minimum Gasteiger partial charge on any atom is -0.508 e. The molecule has 1 aliphatic heterocycles. The van der Waals surface area contributed by atoms with Crippen LogP contribution in [0.5, 0.6) is 5.75 Å². The van der Waals surface area contributed by atoms with E-state index in [1.807, 2.05) is 0 Å². The summed E-state index contributed by atoms with van der Waals surface area (Å²) in [4.78, 5) is 26.0. The average molecular weight is 348 g/mol. The van der Waals surface area contributed by atoms with Crippen molar-refractivity contribution in [2.24, 2.45) is 0 Å². The van der Waals surface area contributed by atoms with Gasteiger partial charge in [0.25, 0.3) is 5.79 Å². The summed E-state index contributed by atoms with van der Waals surface area (Å²) in [5.41, 5.74) is 1.18. The SMILES string of the molecule is CCN(CC)Cc1cc(NC=C2C(=O)OC(C)(C)OC2=O)ccc1O. The molecule has 2 rings (SSSR count). The number of cyclic esters (lactones) is 2. The first-order valence-electron chi connectivity index (χ1n) is 8.23. The second kappa shape index (κ2) is 7.57. The molecule has 1 saturated heterocycles. The molecule has 7 heteroatoms. The fourth-order valence-corrected chi connectivity index (χ4v) is 2.42. The Hall–Kier alpha value is -2.54. The molecule has 0 aromatic heterocycles. The molecule has 0 bridgehead atoms. The number of rotatable bonds is 6. The van der Waals surface area contributed by atoms with Gasteiger partial charge in [-0.3, -0.25) is 4.90 Å². The Morgan fingerprint density at radius 2 is 1.76 bits per heavy atom. The minimum atomic E-state index is -1.26. The number of phenolic OH excluding ortho intramolecular Hbond substituents is 1. The maximum Gasteiger partial charge on any atom is 0.350 e. The summed E-state index contributed by atoms with van der Waals surface area (Å²) in [6.45, 7) is 9.42. The summed E-state index contributed by atoms with van der Waals surface area (Å²) in [6.07, 6.45) is 1.26. The predicted molar refractivity (Wildman–Crippen MR) is 92.7 cm³/mol. The van der Waals surface area contributed by atoms with Crippen molar-refractivity contribution in [2.75, 3.05) is 18.4 Å². The van der Waals surface area contributed by atoms with Gasteiger partial charge in [-0.15, -0.1) is 0 Å². The van der Waals surface area contributed by atoms with E-state index in [1.54, 1.807) is 18.2 Å². The Bertz CT molecular complexity index is 671. The van der Waals surface area contributed by atoms with Crippen LogP contribution in [0, 0.1) is 0 Å². The number of carbonyl (C=O) groups excluding carboxylic acids is 2. The molecule has 0 amide bonds. The number of hydrogen-bond acceptors (Lipinski definition) is 7. The first-order valence-corrected chi connectivity index (χ1v) is 8.23. The zero-order valence-corrected chi connectivity index (χ0v) is 15.0. The predicted octanol–water partition coefficient (Wildman–Crippen LogP) is 2.37. The molecule has 25 heavy (non-hydrogen) atoms. The van der Waals surface area contributed by atoms with Gasteiger partial charge in [0, 0.05) is 37.8 Å². The van der Waals surface area contributed by atoms with Crippen LogP contribution in [0.15, 0.2) is 30.0 Å². The van der Waals surface area contributed by atoms with E-state index in [0.717, 1.165) is 18.7 Å². The van der Waals surface area contributed by atoms with Crippen molar-refractivity contribution in [3.05, 3.63) is 35.5 Å². The molecule has 0 unspecified atom stereocenters. The van der Waals surface area contributed by atoms with Crippen LogP contribution in [0.25, 0.3) is 0 Å². The van der Waals surface area contributed by atoms with E-state index in [0.29, 0.717) is 12.2 Å². The van der Waals surface area contributed by atoms with Crippen LogP contribution in [0.3, 0.4) is 0 Å². The smallest absolute Gasteiger partial charge is 0.350 e. The van der Waals surface area contributed by atoms with Crippen molar-refractivity contribution >= 4 is 17.6 Å². The normalized spacial score (nSPS) is 16.4. The third kappa shape index (κ3) is 4.73. The van der Waals surface area contributed by atoms with Crippen molar-refractivity contribution in [3.63, 3.8) is 0 Å². The van der Waals surface area contributed by atoms with E-state index in [4.69, 9.17) is 9.47 Å². The molecule has 1 aliphatic rings. The Balaban J connectivity index is 2.15. The fourth-order valence-electron chi connectivity index (χ4n) is 2.42. The molecular weight excluding hydrogens is 324 g/mol. The van der Waals surface area contributed by atoms with Crippen molar-refractivity contribution in [2.45, 2.75) is 40.0 Å². The summed E-state index contributed by atoms with van der Waals surface area (Å²) in [7, 11) is 0. The molecule has 0 spiro atoms. The summed E-state index contributed by atoms with van der Waals surface area (Å²) in [6, 6.07) is 5.00. The fraction of sp³-hybridized carbons (Fsp3) is 0.444. The van der Waals surface area contributed by atoms with Crippen molar-refractivity contribution in [1.82, 2.24) is 4.90 Å². The molecule has 2 N–H and O–H groups in total. The number of esters is 2. The van der Waals surface area contributed by atoms with E-state index in [-0.39, 0.29) is 11.3 Å². The van der Waals surface area contributed by atoms with Crippen molar-refractivity contribution < 1.29 is 24.2 Å². The maximum absolute atomic E-state index is 11.9. The second-order valence-electron chi connectivity index (χ2n) is 6.19. The van der Waals surface area contributed by atoms with Crippen LogP contribution in [0.1, 0.15) is 33.3 Å². The molecule has 1 aromatic carbocycles. The third-order valence-corrected chi connectivity index (χ3v) is 3.87. The van der Waals surface area contributed by atoms with Gasteiger partial charge in [0.05, 0.1) is 0 Å². The number of carbonyl (C=O) groups is 2. The van der Waals surface area contributed by atoms with Gasteiger partial charge >= 0.3 is 11.9 Å². The lowest BCUT2D eigenvalue weighted by Crippen LogP contribution is -2.42. The Morgan fingerprint density at radius 3 is 2.32 bits per heavy atom. The maximum atomic E-state index is 11.9. The zero-order chi connectivity index (χ0) is 18.6. The molecule has 0 atom stereocenters. The summed E-state index contributed by atoms with van der Waals surface area (Å²) in [5, 5.41) is 12.9. The van der Waals surface area contributed by atoms with Gasteiger partial charge in [-0.25, -0.2) is 9.59 Å². The van der Waals surface area contributed by atoms with Gasteiger partial charge in [-0.1, -0.05) is 13.8 Å².